The van der Waals surface area contributed by atoms with Crippen molar-refractivity contribution in [3.63, 3.8) is 0 Å². The molecular formula is C16H25NO3. The Morgan fingerprint density at radius 2 is 1.60 bits per heavy atom. The number of hydrogen-bond donors (Lipinski definition) is 1. The maximum absolute atomic E-state index is 9.96. The number of piperidine rings is 1. The fourth-order valence-electron chi connectivity index (χ4n) is 3.04. The van der Waals surface area contributed by atoms with Crippen molar-refractivity contribution in [1.29, 1.82) is 0 Å². The van der Waals surface area contributed by atoms with Crippen molar-refractivity contribution < 1.29 is 14.6 Å². The number of phenolic OH excluding ortho intramolecular Hbond substituents is 1. The summed E-state index contributed by atoms with van der Waals surface area (Å²) in [6.45, 7) is 5.42. The Balaban J connectivity index is 2.24. The van der Waals surface area contributed by atoms with Crippen LogP contribution in [0.4, 0.5) is 0 Å². The lowest BCUT2D eigenvalue weighted by atomic mass is 9.96. The van der Waals surface area contributed by atoms with Crippen LogP contribution in [-0.2, 0) is 6.54 Å². The average Bonchev–Trinajstić information content (AvgIpc) is 2.44. The summed E-state index contributed by atoms with van der Waals surface area (Å²) in [7, 11) is 3.12. The van der Waals surface area contributed by atoms with E-state index in [9.17, 15) is 5.11 Å². The first kappa shape index (κ1) is 15.0. The highest BCUT2D eigenvalue weighted by atomic mass is 16.5. The second-order valence-corrected chi connectivity index (χ2v) is 5.65. The SMILES string of the molecule is COc1cc(CN2C(C)CCCC2C)cc(OC)c1O. The van der Waals surface area contributed by atoms with E-state index < -0.39 is 0 Å². The number of hydrogen-bond acceptors (Lipinski definition) is 4. The minimum absolute atomic E-state index is 0.0680. The zero-order valence-corrected chi connectivity index (χ0v) is 12.8. The molecule has 112 valence electrons. The Bertz CT molecular complexity index is 426. The van der Waals surface area contributed by atoms with E-state index >= 15 is 0 Å². The molecule has 1 aliphatic heterocycles. The number of ether oxygens (including phenoxy) is 2. The third kappa shape index (κ3) is 3.01. The van der Waals surface area contributed by atoms with Gasteiger partial charge in [0.15, 0.2) is 11.5 Å². The molecule has 4 nitrogen and oxygen atoms in total. The minimum atomic E-state index is 0.0680. The highest BCUT2D eigenvalue weighted by Crippen LogP contribution is 2.38. The number of nitrogens with zero attached hydrogens (tertiary/aromatic N) is 1. The Hall–Kier alpha value is -1.42. The van der Waals surface area contributed by atoms with Crippen molar-refractivity contribution in [1.82, 2.24) is 4.90 Å². The summed E-state index contributed by atoms with van der Waals surface area (Å²) in [6.07, 6.45) is 3.80. The van der Waals surface area contributed by atoms with Crippen molar-refractivity contribution in [2.24, 2.45) is 0 Å². The summed E-state index contributed by atoms with van der Waals surface area (Å²) in [5.74, 6) is 1.01. The molecule has 0 aliphatic carbocycles. The van der Waals surface area contributed by atoms with E-state index in [-0.39, 0.29) is 5.75 Å². The van der Waals surface area contributed by atoms with Gasteiger partial charge in [-0.2, -0.15) is 0 Å². The summed E-state index contributed by atoms with van der Waals surface area (Å²) >= 11 is 0. The third-order valence-electron chi connectivity index (χ3n) is 4.28. The molecule has 1 heterocycles. The number of likely N-dealkylation sites (tertiary alicyclic amines) is 1. The molecule has 0 bridgehead atoms. The van der Waals surface area contributed by atoms with Crippen LogP contribution >= 0.6 is 0 Å². The molecule has 2 rings (SSSR count). The maximum Gasteiger partial charge on any atom is 0.200 e. The van der Waals surface area contributed by atoms with Gasteiger partial charge >= 0.3 is 0 Å². The Morgan fingerprint density at radius 3 is 2.05 bits per heavy atom. The average molecular weight is 279 g/mol. The second-order valence-electron chi connectivity index (χ2n) is 5.65. The Morgan fingerprint density at radius 1 is 1.10 bits per heavy atom. The van der Waals surface area contributed by atoms with Crippen LogP contribution in [0, 0.1) is 0 Å². The molecule has 1 aromatic carbocycles. The van der Waals surface area contributed by atoms with E-state index in [1.165, 1.54) is 19.3 Å². The topological polar surface area (TPSA) is 41.9 Å². The quantitative estimate of drug-likeness (QED) is 0.919. The third-order valence-corrected chi connectivity index (χ3v) is 4.28. The summed E-state index contributed by atoms with van der Waals surface area (Å²) < 4.78 is 10.4. The summed E-state index contributed by atoms with van der Waals surface area (Å²) in [6, 6.07) is 4.96. The highest BCUT2D eigenvalue weighted by molar-refractivity contribution is 5.52. The molecule has 0 amide bonds. The van der Waals surface area contributed by atoms with Gasteiger partial charge in [-0.15, -0.1) is 0 Å². The van der Waals surface area contributed by atoms with Crippen molar-refractivity contribution in [3.05, 3.63) is 17.7 Å². The molecule has 1 aromatic rings. The van der Waals surface area contributed by atoms with E-state index in [1.807, 2.05) is 12.1 Å². The van der Waals surface area contributed by atoms with Crippen molar-refractivity contribution >= 4 is 0 Å². The van der Waals surface area contributed by atoms with E-state index in [2.05, 4.69) is 18.7 Å². The van der Waals surface area contributed by atoms with Crippen molar-refractivity contribution in [2.45, 2.75) is 51.7 Å². The smallest absolute Gasteiger partial charge is 0.200 e. The summed E-state index contributed by atoms with van der Waals surface area (Å²) in [5.41, 5.74) is 1.11. The van der Waals surface area contributed by atoms with Gasteiger partial charge in [0.2, 0.25) is 5.75 Å². The molecule has 20 heavy (non-hydrogen) atoms. The maximum atomic E-state index is 9.96. The first-order valence-corrected chi connectivity index (χ1v) is 7.26. The highest BCUT2D eigenvalue weighted by Gasteiger charge is 2.25. The zero-order valence-electron chi connectivity index (χ0n) is 12.8. The lowest BCUT2D eigenvalue weighted by Gasteiger charge is -2.39. The van der Waals surface area contributed by atoms with Gasteiger partial charge in [0.25, 0.3) is 0 Å². The Kier molecular flexibility index (Phi) is 4.76. The van der Waals surface area contributed by atoms with Gasteiger partial charge in [0.05, 0.1) is 14.2 Å². The van der Waals surface area contributed by atoms with Crippen LogP contribution in [0.2, 0.25) is 0 Å². The number of methoxy groups -OCH3 is 2. The molecular weight excluding hydrogens is 254 g/mol. The fourth-order valence-corrected chi connectivity index (χ4v) is 3.04. The molecule has 4 heteroatoms. The first-order valence-electron chi connectivity index (χ1n) is 7.26. The summed E-state index contributed by atoms with van der Waals surface area (Å²) in [4.78, 5) is 2.51. The predicted molar refractivity (Wildman–Crippen MR) is 79.5 cm³/mol. The van der Waals surface area contributed by atoms with Crippen LogP contribution in [0.1, 0.15) is 38.7 Å². The predicted octanol–water partition coefficient (Wildman–Crippen LogP) is 3.17. The van der Waals surface area contributed by atoms with Gasteiger partial charge in [-0.3, -0.25) is 4.90 Å². The van der Waals surface area contributed by atoms with E-state index in [4.69, 9.17) is 9.47 Å². The van der Waals surface area contributed by atoms with Crippen LogP contribution in [0.5, 0.6) is 17.2 Å². The van der Waals surface area contributed by atoms with Gasteiger partial charge in [-0.25, -0.2) is 0 Å². The van der Waals surface area contributed by atoms with Crippen LogP contribution < -0.4 is 9.47 Å². The molecule has 0 saturated carbocycles. The van der Waals surface area contributed by atoms with Crippen molar-refractivity contribution in [2.75, 3.05) is 14.2 Å². The number of phenols is 1. The molecule has 1 aliphatic rings. The van der Waals surface area contributed by atoms with Gasteiger partial charge in [-0.05, 0) is 44.4 Å². The molecule has 2 atom stereocenters. The van der Waals surface area contributed by atoms with Crippen LogP contribution in [-0.4, -0.2) is 36.3 Å². The normalized spacial score (nSPS) is 23.6. The molecule has 1 N–H and O–H groups in total. The van der Waals surface area contributed by atoms with Crippen LogP contribution in [0.25, 0.3) is 0 Å². The lowest BCUT2D eigenvalue weighted by Crippen LogP contribution is -2.42. The molecule has 0 radical (unpaired) electrons. The van der Waals surface area contributed by atoms with Crippen molar-refractivity contribution in [3.8, 4) is 17.2 Å². The molecule has 1 saturated heterocycles. The number of benzene rings is 1. The van der Waals surface area contributed by atoms with Crippen LogP contribution in [0.3, 0.4) is 0 Å². The standard InChI is InChI=1S/C16H25NO3/c1-11-6-5-7-12(2)17(11)10-13-8-14(19-3)16(18)15(9-13)20-4/h8-9,11-12,18H,5-7,10H2,1-4H3. The first-order chi connectivity index (χ1) is 9.56. The van der Waals surface area contributed by atoms with Gasteiger partial charge in [-0.1, -0.05) is 6.42 Å². The molecule has 2 unspecified atom stereocenters. The largest absolute Gasteiger partial charge is 0.502 e. The van der Waals surface area contributed by atoms with Gasteiger partial charge in [0.1, 0.15) is 0 Å². The van der Waals surface area contributed by atoms with E-state index in [0.29, 0.717) is 23.6 Å². The van der Waals surface area contributed by atoms with Gasteiger partial charge < -0.3 is 14.6 Å². The molecule has 0 spiro atoms. The van der Waals surface area contributed by atoms with E-state index in [1.54, 1.807) is 14.2 Å². The number of aromatic hydroxyl groups is 1. The van der Waals surface area contributed by atoms with Crippen LogP contribution in [0.15, 0.2) is 12.1 Å². The Labute approximate surface area is 121 Å². The second kappa shape index (κ2) is 6.35. The van der Waals surface area contributed by atoms with Gasteiger partial charge in [0, 0.05) is 18.6 Å². The lowest BCUT2D eigenvalue weighted by molar-refractivity contribution is 0.0951. The summed E-state index contributed by atoms with van der Waals surface area (Å²) in [5, 5.41) is 9.96. The molecule has 1 fully saturated rings. The minimum Gasteiger partial charge on any atom is -0.502 e. The zero-order chi connectivity index (χ0) is 14.7. The number of rotatable bonds is 4. The molecule has 0 aromatic heterocycles. The fraction of sp³-hybridized carbons (Fsp3) is 0.625. The van der Waals surface area contributed by atoms with E-state index in [0.717, 1.165) is 12.1 Å². The monoisotopic (exact) mass is 279 g/mol.